The first kappa shape index (κ1) is 12.0. The van der Waals surface area contributed by atoms with Gasteiger partial charge in [-0.1, -0.05) is 20.8 Å². The third kappa shape index (κ3) is 2.28. The molecule has 0 saturated carbocycles. The fourth-order valence-electron chi connectivity index (χ4n) is 1.95. The highest BCUT2D eigenvalue weighted by Crippen LogP contribution is 2.44. The maximum Gasteiger partial charge on any atom is 0.0686 e. The Kier molecular flexibility index (Phi) is 2.97. The van der Waals surface area contributed by atoms with Gasteiger partial charge in [0.25, 0.3) is 0 Å². The number of hydrogen-bond donors (Lipinski definition) is 0. The van der Waals surface area contributed by atoms with E-state index in [1.165, 1.54) is 10.6 Å². The van der Waals surface area contributed by atoms with Crippen LogP contribution in [0.4, 0.5) is 0 Å². The van der Waals surface area contributed by atoms with Gasteiger partial charge in [-0.2, -0.15) is 0 Å². The minimum absolute atomic E-state index is 0.243. The Balaban J connectivity index is 3.05. The lowest BCUT2D eigenvalue weighted by Gasteiger charge is -2.40. The summed E-state index contributed by atoms with van der Waals surface area (Å²) in [5.74, 6) is 1.11. The van der Waals surface area contributed by atoms with Gasteiger partial charge in [0.05, 0.1) is 5.88 Å². The Bertz CT molecular complexity index is 252. The lowest BCUT2D eigenvalue weighted by molar-refractivity contribution is 0.179. The molecule has 1 rings (SSSR count). The number of rotatable bonds is 0. The van der Waals surface area contributed by atoms with Crippen molar-refractivity contribution >= 4 is 11.8 Å². The van der Waals surface area contributed by atoms with Crippen LogP contribution in [-0.2, 0) is 0 Å². The maximum atomic E-state index is 2.53. The molecular weight excluding hydrogens is 190 g/mol. The molecule has 0 fully saturated rings. The molecule has 0 atom stereocenters. The highest BCUT2D eigenvalue weighted by atomic mass is 32.2. The van der Waals surface area contributed by atoms with E-state index in [1.807, 2.05) is 11.8 Å². The van der Waals surface area contributed by atoms with Gasteiger partial charge < -0.3 is 4.90 Å². The zero-order valence-electron chi connectivity index (χ0n) is 10.6. The fraction of sp³-hybridized carbons (Fsp3) is 0.833. The van der Waals surface area contributed by atoms with E-state index in [4.69, 9.17) is 0 Å². The number of nitrogens with zero attached hydrogens (tertiary/aromatic N) is 1. The molecule has 0 aromatic carbocycles. The Hall–Kier alpha value is -0.110. The molecule has 0 amide bonds. The SMILES string of the molecule is CC1=C(C(C)(C)C)N(C(C)(C)C)CS1. The van der Waals surface area contributed by atoms with Gasteiger partial charge in [0, 0.05) is 21.6 Å². The van der Waals surface area contributed by atoms with E-state index in [2.05, 4.69) is 53.4 Å². The van der Waals surface area contributed by atoms with Crippen LogP contribution in [0.5, 0.6) is 0 Å². The van der Waals surface area contributed by atoms with Gasteiger partial charge in [-0.15, -0.1) is 11.8 Å². The summed E-state index contributed by atoms with van der Waals surface area (Å²) in [6.45, 7) is 16.0. The highest BCUT2D eigenvalue weighted by molar-refractivity contribution is 8.03. The quantitative estimate of drug-likeness (QED) is 0.597. The second-order valence-electron chi connectivity index (χ2n) is 6.03. The molecule has 14 heavy (non-hydrogen) atoms. The third-order valence-electron chi connectivity index (χ3n) is 2.53. The lowest BCUT2D eigenvalue weighted by atomic mass is 9.88. The maximum absolute atomic E-state index is 2.53. The van der Waals surface area contributed by atoms with Crippen molar-refractivity contribution in [1.29, 1.82) is 0 Å². The van der Waals surface area contributed by atoms with Gasteiger partial charge in [-0.25, -0.2) is 0 Å². The smallest absolute Gasteiger partial charge is 0.0686 e. The van der Waals surface area contributed by atoms with Crippen LogP contribution in [0.2, 0.25) is 0 Å². The van der Waals surface area contributed by atoms with Crippen molar-refractivity contribution in [3.63, 3.8) is 0 Å². The Labute approximate surface area is 92.9 Å². The van der Waals surface area contributed by atoms with Gasteiger partial charge >= 0.3 is 0 Å². The minimum atomic E-state index is 0.243. The summed E-state index contributed by atoms with van der Waals surface area (Å²) in [7, 11) is 0. The molecule has 2 heteroatoms. The predicted octanol–water partition coefficient (Wildman–Crippen LogP) is 4.07. The molecule has 0 spiro atoms. The number of thioether (sulfide) groups is 1. The van der Waals surface area contributed by atoms with Crippen LogP contribution in [0, 0.1) is 5.41 Å². The molecule has 0 radical (unpaired) electrons. The topological polar surface area (TPSA) is 3.24 Å². The van der Waals surface area contributed by atoms with E-state index in [-0.39, 0.29) is 11.0 Å². The molecule has 0 saturated heterocycles. The van der Waals surface area contributed by atoms with Gasteiger partial charge in [0.2, 0.25) is 0 Å². The third-order valence-corrected chi connectivity index (χ3v) is 3.55. The number of allylic oxidation sites excluding steroid dienone is 2. The van der Waals surface area contributed by atoms with E-state index < -0.39 is 0 Å². The normalized spacial score (nSPS) is 19.5. The first-order chi connectivity index (χ1) is 6.14. The lowest BCUT2D eigenvalue weighted by Crippen LogP contribution is -2.41. The Morgan fingerprint density at radius 1 is 1.07 bits per heavy atom. The molecular formula is C12H23NS. The monoisotopic (exact) mass is 213 g/mol. The van der Waals surface area contributed by atoms with Gasteiger partial charge in [-0.05, 0) is 27.7 Å². The zero-order chi connectivity index (χ0) is 11.1. The van der Waals surface area contributed by atoms with Crippen LogP contribution in [0.15, 0.2) is 10.6 Å². The van der Waals surface area contributed by atoms with Crippen LogP contribution in [0.25, 0.3) is 0 Å². The number of hydrogen-bond acceptors (Lipinski definition) is 2. The van der Waals surface area contributed by atoms with Crippen LogP contribution >= 0.6 is 11.8 Å². The molecule has 1 nitrogen and oxygen atoms in total. The predicted molar refractivity (Wildman–Crippen MR) is 66.2 cm³/mol. The summed E-state index contributed by atoms with van der Waals surface area (Å²) >= 11 is 1.97. The summed E-state index contributed by atoms with van der Waals surface area (Å²) in [4.78, 5) is 4.03. The molecule has 1 heterocycles. The summed E-state index contributed by atoms with van der Waals surface area (Å²) in [5, 5.41) is 0. The molecule has 0 unspecified atom stereocenters. The Morgan fingerprint density at radius 2 is 1.57 bits per heavy atom. The first-order valence-electron chi connectivity index (χ1n) is 5.26. The van der Waals surface area contributed by atoms with E-state index in [9.17, 15) is 0 Å². The Morgan fingerprint density at radius 3 is 1.86 bits per heavy atom. The van der Waals surface area contributed by atoms with Crippen molar-refractivity contribution < 1.29 is 0 Å². The molecule has 0 aromatic rings. The molecule has 0 aliphatic carbocycles. The van der Waals surface area contributed by atoms with Gasteiger partial charge in [0.15, 0.2) is 0 Å². The largest absolute Gasteiger partial charge is 0.359 e. The van der Waals surface area contributed by atoms with Crippen molar-refractivity contribution in [2.24, 2.45) is 5.41 Å². The van der Waals surface area contributed by atoms with Crippen LogP contribution in [0.3, 0.4) is 0 Å². The van der Waals surface area contributed by atoms with Crippen LogP contribution < -0.4 is 0 Å². The summed E-state index contributed by atoms with van der Waals surface area (Å²) in [6, 6.07) is 0. The second-order valence-corrected chi connectivity index (χ2v) is 7.19. The van der Waals surface area contributed by atoms with Crippen molar-refractivity contribution in [3.8, 4) is 0 Å². The van der Waals surface area contributed by atoms with Crippen molar-refractivity contribution in [2.45, 2.75) is 54.0 Å². The molecule has 0 bridgehead atoms. The van der Waals surface area contributed by atoms with Crippen molar-refractivity contribution in [2.75, 3.05) is 5.88 Å². The van der Waals surface area contributed by atoms with E-state index >= 15 is 0 Å². The average molecular weight is 213 g/mol. The van der Waals surface area contributed by atoms with Gasteiger partial charge in [-0.3, -0.25) is 0 Å². The highest BCUT2D eigenvalue weighted by Gasteiger charge is 2.35. The zero-order valence-corrected chi connectivity index (χ0v) is 11.4. The molecule has 0 aromatic heterocycles. The summed E-state index contributed by atoms with van der Waals surface area (Å²) in [5.41, 5.74) is 2.03. The average Bonchev–Trinajstić information content (AvgIpc) is 2.27. The van der Waals surface area contributed by atoms with Crippen molar-refractivity contribution in [3.05, 3.63) is 10.6 Å². The van der Waals surface area contributed by atoms with E-state index in [0.29, 0.717) is 0 Å². The second kappa shape index (κ2) is 3.48. The van der Waals surface area contributed by atoms with Crippen LogP contribution in [0.1, 0.15) is 48.5 Å². The summed E-state index contributed by atoms with van der Waals surface area (Å²) < 4.78 is 0. The molecule has 1 aliphatic heterocycles. The first-order valence-corrected chi connectivity index (χ1v) is 6.24. The van der Waals surface area contributed by atoms with Gasteiger partial charge in [0.1, 0.15) is 0 Å². The van der Waals surface area contributed by atoms with E-state index in [0.717, 1.165) is 5.88 Å². The minimum Gasteiger partial charge on any atom is -0.359 e. The molecule has 1 aliphatic rings. The standard InChI is InChI=1S/C12H23NS/c1-9-10(11(2,3)4)13(8-14-9)12(5,6)7/h8H2,1-7H3. The molecule has 82 valence electrons. The van der Waals surface area contributed by atoms with Crippen molar-refractivity contribution in [1.82, 2.24) is 4.90 Å². The fourth-order valence-corrected chi connectivity index (χ4v) is 3.34. The van der Waals surface area contributed by atoms with E-state index in [1.54, 1.807) is 0 Å². The summed E-state index contributed by atoms with van der Waals surface area (Å²) in [6.07, 6.45) is 0. The molecule has 0 N–H and O–H groups in total. The van der Waals surface area contributed by atoms with Crippen LogP contribution in [-0.4, -0.2) is 16.3 Å².